The molecule has 0 saturated carbocycles. The summed E-state index contributed by atoms with van der Waals surface area (Å²) in [6.45, 7) is 2.55. The van der Waals surface area contributed by atoms with E-state index in [1.54, 1.807) is 12.1 Å². The number of esters is 1. The first kappa shape index (κ1) is 15.4. The molecular weight excluding hydrogens is 319 g/mol. The summed E-state index contributed by atoms with van der Waals surface area (Å²) in [7, 11) is 0. The van der Waals surface area contributed by atoms with Gasteiger partial charge in [-0.2, -0.15) is 0 Å². The molecule has 2 heterocycles. The van der Waals surface area contributed by atoms with Crippen LogP contribution < -0.4 is 16.3 Å². The molecule has 2 aromatic heterocycles. The van der Waals surface area contributed by atoms with Crippen molar-refractivity contribution in [2.24, 2.45) is 0 Å². The molecule has 1 atom stereocenters. The van der Waals surface area contributed by atoms with Crippen LogP contribution in [0.25, 0.3) is 22.6 Å². The number of fused-ring (bicyclic) bond motifs is 1. The van der Waals surface area contributed by atoms with Gasteiger partial charge >= 0.3 is 11.6 Å². The number of alkyl halides is 1. The number of ether oxygens (including phenoxy) is 1. The molecule has 0 aromatic carbocycles. The lowest BCUT2D eigenvalue weighted by atomic mass is 10.1. The lowest BCUT2D eigenvalue weighted by Gasteiger charge is -2.10. The minimum atomic E-state index is -1.85. The van der Waals surface area contributed by atoms with Gasteiger partial charge in [0.05, 0.1) is 5.56 Å². The van der Waals surface area contributed by atoms with E-state index in [9.17, 15) is 14.0 Å². The van der Waals surface area contributed by atoms with Crippen LogP contribution in [-0.4, -0.2) is 11.6 Å². The maximum Gasteiger partial charge on any atom is 0.345 e. The zero-order valence-corrected chi connectivity index (χ0v) is 13.3. The van der Waals surface area contributed by atoms with E-state index >= 15 is 0 Å². The monoisotopic (exact) mass is 332 g/mol. The molecule has 0 fully saturated rings. The summed E-state index contributed by atoms with van der Waals surface area (Å²) in [6.07, 6.45) is 3.84. The van der Waals surface area contributed by atoms with Crippen LogP contribution in [0, 0.1) is 0 Å². The SMILES string of the molecule is CC(=O)OC1=CC(C)(F)C=c2cc(-c3cccs3)c(=O)oc2=C1. The molecule has 1 aliphatic carbocycles. The van der Waals surface area contributed by atoms with E-state index in [4.69, 9.17) is 9.15 Å². The Balaban J connectivity index is 2.25. The van der Waals surface area contributed by atoms with Gasteiger partial charge in [0.1, 0.15) is 16.8 Å². The van der Waals surface area contributed by atoms with Gasteiger partial charge in [-0.15, -0.1) is 11.3 Å². The van der Waals surface area contributed by atoms with E-state index in [0.29, 0.717) is 10.8 Å². The van der Waals surface area contributed by atoms with Crippen LogP contribution in [0.1, 0.15) is 13.8 Å². The van der Waals surface area contributed by atoms with Crippen LogP contribution >= 0.6 is 11.3 Å². The number of hydrogen-bond acceptors (Lipinski definition) is 5. The van der Waals surface area contributed by atoms with Crippen molar-refractivity contribution < 1.29 is 18.3 Å². The van der Waals surface area contributed by atoms with Crippen LogP contribution in [0.2, 0.25) is 0 Å². The van der Waals surface area contributed by atoms with Gasteiger partial charge in [0, 0.05) is 23.1 Å². The normalized spacial score (nSPS) is 19.7. The minimum absolute atomic E-state index is 0.00419. The van der Waals surface area contributed by atoms with Crippen LogP contribution in [0.15, 0.2) is 44.6 Å². The third-order valence-corrected chi connectivity index (χ3v) is 4.09. The fourth-order valence-electron chi connectivity index (χ4n) is 2.35. The Bertz CT molecular complexity index is 965. The highest BCUT2D eigenvalue weighted by atomic mass is 32.1. The molecule has 0 bridgehead atoms. The Hall–Kier alpha value is -2.47. The first-order valence-corrected chi connectivity index (χ1v) is 7.75. The molecule has 0 saturated heterocycles. The first-order chi connectivity index (χ1) is 10.8. The van der Waals surface area contributed by atoms with Crippen LogP contribution in [-0.2, 0) is 9.53 Å². The van der Waals surface area contributed by atoms with Crippen LogP contribution in [0.4, 0.5) is 4.39 Å². The van der Waals surface area contributed by atoms with Gasteiger partial charge in [-0.25, -0.2) is 9.18 Å². The third-order valence-electron chi connectivity index (χ3n) is 3.19. The highest BCUT2D eigenvalue weighted by molar-refractivity contribution is 7.13. The molecule has 0 amide bonds. The summed E-state index contributed by atoms with van der Waals surface area (Å²) in [4.78, 5) is 24.0. The zero-order valence-electron chi connectivity index (χ0n) is 12.5. The van der Waals surface area contributed by atoms with Gasteiger partial charge in [0.2, 0.25) is 0 Å². The second-order valence-electron chi connectivity index (χ2n) is 5.32. The Kier molecular flexibility index (Phi) is 3.77. The van der Waals surface area contributed by atoms with Gasteiger partial charge in [-0.1, -0.05) is 6.07 Å². The van der Waals surface area contributed by atoms with E-state index in [-0.39, 0.29) is 11.2 Å². The fraction of sp³-hybridized carbons (Fsp3) is 0.176. The molecular formula is C17H13FO4S. The number of carbonyl (C=O) groups excluding carboxylic acids is 1. The molecule has 2 aromatic rings. The Morgan fingerprint density at radius 3 is 2.83 bits per heavy atom. The molecule has 0 radical (unpaired) electrons. The van der Waals surface area contributed by atoms with Gasteiger partial charge in [0.25, 0.3) is 0 Å². The molecule has 0 N–H and O–H groups in total. The van der Waals surface area contributed by atoms with Crippen LogP contribution in [0.5, 0.6) is 0 Å². The number of halogens is 1. The summed E-state index contributed by atoms with van der Waals surface area (Å²) in [6, 6.07) is 5.20. The van der Waals surface area contributed by atoms with Crippen molar-refractivity contribution in [3.05, 3.63) is 56.5 Å². The smallest absolute Gasteiger partial charge is 0.345 e. The van der Waals surface area contributed by atoms with Gasteiger partial charge in [-0.05, 0) is 36.6 Å². The molecule has 0 aliphatic heterocycles. The second-order valence-corrected chi connectivity index (χ2v) is 6.27. The number of allylic oxidation sites excluding steroid dienone is 2. The Labute approximate surface area is 134 Å². The summed E-state index contributed by atoms with van der Waals surface area (Å²) in [5.74, 6) is -0.575. The number of rotatable bonds is 2. The highest BCUT2D eigenvalue weighted by Crippen LogP contribution is 2.22. The van der Waals surface area contributed by atoms with Gasteiger partial charge in [0.15, 0.2) is 0 Å². The minimum Gasteiger partial charge on any atom is -0.427 e. The average Bonchev–Trinajstić information content (AvgIpc) is 2.90. The first-order valence-electron chi connectivity index (χ1n) is 6.87. The topological polar surface area (TPSA) is 56.5 Å². The number of carbonyl (C=O) groups is 1. The van der Waals surface area contributed by atoms with Crippen molar-refractivity contribution in [1.82, 2.24) is 0 Å². The van der Waals surface area contributed by atoms with Crippen LogP contribution in [0.3, 0.4) is 0 Å². The van der Waals surface area contributed by atoms with Crippen molar-refractivity contribution in [3.63, 3.8) is 0 Å². The van der Waals surface area contributed by atoms with Gasteiger partial charge < -0.3 is 9.15 Å². The van der Waals surface area contributed by atoms with E-state index in [2.05, 4.69) is 0 Å². The molecule has 0 spiro atoms. The van der Waals surface area contributed by atoms with Crippen molar-refractivity contribution >= 4 is 29.5 Å². The lowest BCUT2D eigenvalue weighted by molar-refractivity contribution is -0.136. The summed E-state index contributed by atoms with van der Waals surface area (Å²) >= 11 is 1.39. The van der Waals surface area contributed by atoms with Gasteiger partial charge in [-0.3, -0.25) is 4.79 Å². The summed E-state index contributed by atoms with van der Waals surface area (Å²) < 4.78 is 24.9. The van der Waals surface area contributed by atoms with E-state index in [1.807, 2.05) is 11.4 Å². The van der Waals surface area contributed by atoms with Crippen molar-refractivity contribution in [2.75, 3.05) is 0 Å². The van der Waals surface area contributed by atoms with E-state index < -0.39 is 17.3 Å². The average molecular weight is 332 g/mol. The lowest BCUT2D eigenvalue weighted by Crippen LogP contribution is -2.31. The molecule has 6 heteroatoms. The third kappa shape index (κ3) is 3.32. The standard InChI is InChI=1S/C17H13FO4S/c1-10(19)21-12-7-14-11(8-17(2,18)9-12)6-13(16(20)22-14)15-4-3-5-23-15/h3-9H,1-2H3. The Morgan fingerprint density at radius 2 is 2.17 bits per heavy atom. The maximum absolute atomic E-state index is 14.6. The predicted octanol–water partition coefficient (Wildman–Crippen LogP) is 2.12. The van der Waals surface area contributed by atoms with E-state index in [1.165, 1.54) is 43.4 Å². The number of thiophene rings is 1. The molecule has 23 heavy (non-hydrogen) atoms. The molecule has 1 aliphatic rings. The maximum atomic E-state index is 14.6. The van der Waals surface area contributed by atoms with Crippen molar-refractivity contribution in [1.29, 1.82) is 0 Å². The Morgan fingerprint density at radius 1 is 1.39 bits per heavy atom. The molecule has 118 valence electrons. The van der Waals surface area contributed by atoms with Crippen molar-refractivity contribution in [3.8, 4) is 10.4 Å². The summed E-state index contributed by atoms with van der Waals surface area (Å²) in [5, 5.41) is 2.27. The summed E-state index contributed by atoms with van der Waals surface area (Å²) in [5.41, 5.74) is -1.85. The van der Waals surface area contributed by atoms with E-state index in [0.717, 1.165) is 4.88 Å². The van der Waals surface area contributed by atoms with Crippen molar-refractivity contribution in [2.45, 2.75) is 19.5 Å². The molecule has 4 nitrogen and oxygen atoms in total. The molecule has 3 rings (SSSR count). The second kappa shape index (κ2) is 5.62. The quantitative estimate of drug-likeness (QED) is 0.791. The largest absolute Gasteiger partial charge is 0.427 e. The zero-order chi connectivity index (χ0) is 16.6. The molecule has 1 unspecified atom stereocenters. The predicted molar refractivity (Wildman–Crippen MR) is 85.8 cm³/mol. The number of hydrogen-bond donors (Lipinski definition) is 0. The highest BCUT2D eigenvalue weighted by Gasteiger charge is 2.22. The fourth-order valence-corrected chi connectivity index (χ4v) is 3.08.